The topological polar surface area (TPSA) is 61.0 Å². The highest BCUT2D eigenvalue weighted by atomic mass is 35.5. The van der Waals surface area contributed by atoms with Gasteiger partial charge in [0.15, 0.2) is 0 Å². The highest BCUT2D eigenvalue weighted by molar-refractivity contribution is 6.30. The van der Waals surface area contributed by atoms with Crippen molar-refractivity contribution in [1.29, 1.82) is 0 Å². The van der Waals surface area contributed by atoms with Crippen molar-refractivity contribution >= 4 is 11.6 Å². The molecule has 2 aromatic rings. The van der Waals surface area contributed by atoms with Gasteiger partial charge in [-0.1, -0.05) is 23.7 Å². The maximum atomic E-state index is 6.10. The van der Waals surface area contributed by atoms with Crippen LogP contribution >= 0.6 is 11.6 Å². The Morgan fingerprint density at radius 2 is 1.94 bits per heavy atom. The molecule has 0 radical (unpaired) electrons. The molecular weight excluding hydrogens is 238 g/mol. The van der Waals surface area contributed by atoms with Crippen molar-refractivity contribution in [2.75, 3.05) is 7.11 Å². The maximum absolute atomic E-state index is 6.10. The Hall–Kier alpha value is -1.65. The molecule has 0 fully saturated rings. The summed E-state index contributed by atoms with van der Waals surface area (Å²) >= 11 is 5.82. The number of rotatable bonds is 3. The Balaban J connectivity index is 2.29. The highest BCUT2D eigenvalue weighted by Gasteiger charge is 2.11. The van der Waals surface area contributed by atoms with Gasteiger partial charge >= 0.3 is 0 Å². The van der Waals surface area contributed by atoms with Crippen molar-refractivity contribution < 1.29 is 4.74 Å². The molecule has 5 heteroatoms. The first-order valence-corrected chi connectivity index (χ1v) is 5.45. The lowest BCUT2D eigenvalue weighted by Crippen LogP contribution is -2.13. The first-order chi connectivity index (χ1) is 8.20. The zero-order chi connectivity index (χ0) is 12.3. The van der Waals surface area contributed by atoms with E-state index in [1.54, 1.807) is 25.3 Å². The molecule has 0 spiro atoms. The van der Waals surface area contributed by atoms with E-state index in [-0.39, 0.29) is 6.04 Å². The monoisotopic (exact) mass is 249 g/mol. The van der Waals surface area contributed by atoms with Crippen molar-refractivity contribution in [2.24, 2.45) is 5.73 Å². The molecule has 0 aliphatic heterocycles. The number of hydrogen-bond acceptors (Lipinski definition) is 4. The van der Waals surface area contributed by atoms with Crippen molar-refractivity contribution in [1.82, 2.24) is 9.97 Å². The lowest BCUT2D eigenvalue weighted by Gasteiger charge is -2.11. The minimum Gasteiger partial charge on any atom is -0.481 e. The van der Waals surface area contributed by atoms with Gasteiger partial charge in [-0.15, -0.1) is 0 Å². The Labute approximate surface area is 104 Å². The summed E-state index contributed by atoms with van der Waals surface area (Å²) in [6.07, 6.45) is 1.43. The van der Waals surface area contributed by atoms with Crippen LogP contribution in [0.2, 0.25) is 5.02 Å². The summed E-state index contributed by atoms with van der Waals surface area (Å²) < 4.78 is 5.03. The summed E-state index contributed by atoms with van der Waals surface area (Å²) in [4.78, 5) is 8.08. The van der Waals surface area contributed by atoms with Crippen LogP contribution in [-0.2, 0) is 0 Å². The van der Waals surface area contributed by atoms with Crippen LogP contribution in [0.1, 0.15) is 17.3 Å². The average Bonchev–Trinajstić information content (AvgIpc) is 2.39. The molecule has 0 amide bonds. The van der Waals surface area contributed by atoms with Crippen molar-refractivity contribution in [3.63, 3.8) is 0 Å². The molecule has 2 rings (SSSR count). The molecule has 0 aliphatic rings. The highest BCUT2D eigenvalue weighted by Crippen LogP contribution is 2.21. The van der Waals surface area contributed by atoms with Crippen LogP contribution in [0.25, 0.3) is 0 Å². The van der Waals surface area contributed by atoms with E-state index in [4.69, 9.17) is 22.1 Å². The van der Waals surface area contributed by atoms with Gasteiger partial charge in [-0.25, -0.2) is 9.97 Å². The molecule has 0 aliphatic carbocycles. The fourth-order valence-corrected chi connectivity index (χ4v) is 1.60. The number of hydrogen-bond donors (Lipinski definition) is 1. The van der Waals surface area contributed by atoms with Gasteiger partial charge < -0.3 is 10.5 Å². The number of aromatic nitrogens is 2. The molecule has 1 aromatic carbocycles. The average molecular weight is 250 g/mol. The fraction of sp³-hybridized carbons (Fsp3) is 0.167. The minimum absolute atomic E-state index is 0.316. The molecule has 1 atom stereocenters. The van der Waals surface area contributed by atoms with Crippen molar-refractivity contribution in [3.05, 3.63) is 52.9 Å². The normalized spacial score (nSPS) is 12.2. The third-order valence-corrected chi connectivity index (χ3v) is 2.67. The Kier molecular flexibility index (Phi) is 3.56. The number of nitrogens with two attached hydrogens (primary N) is 1. The minimum atomic E-state index is -0.316. The quantitative estimate of drug-likeness (QED) is 0.906. The van der Waals surface area contributed by atoms with Gasteiger partial charge in [0.1, 0.15) is 6.33 Å². The third-order valence-electron chi connectivity index (χ3n) is 2.42. The number of ether oxygens (including phenoxy) is 1. The molecule has 1 unspecified atom stereocenters. The van der Waals surface area contributed by atoms with Gasteiger partial charge in [-0.2, -0.15) is 0 Å². The lowest BCUT2D eigenvalue weighted by atomic mass is 10.0. The van der Waals surface area contributed by atoms with Crippen LogP contribution in [0, 0.1) is 0 Å². The Morgan fingerprint density at radius 1 is 1.24 bits per heavy atom. The van der Waals surface area contributed by atoms with Gasteiger partial charge in [-0.3, -0.25) is 0 Å². The van der Waals surface area contributed by atoms with E-state index in [0.29, 0.717) is 16.6 Å². The zero-order valence-electron chi connectivity index (χ0n) is 9.30. The van der Waals surface area contributed by atoms with Gasteiger partial charge in [0.25, 0.3) is 0 Å². The standard InChI is InChI=1S/C12H12ClN3O/c1-17-11-6-10(15-7-16-11)12(14)8-2-4-9(13)5-3-8/h2-7,12H,14H2,1H3. The molecule has 4 nitrogen and oxygen atoms in total. The number of nitrogens with zero attached hydrogens (tertiary/aromatic N) is 2. The van der Waals surface area contributed by atoms with E-state index < -0.39 is 0 Å². The molecule has 1 aromatic heterocycles. The smallest absolute Gasteiger partial charge is 0.216 e. The van der Waals surface area contributed by atoms with Gasteiger partial charge in [-0.05, 0) is 17.7 Å². The first kappa shape index (κ1) is 11.8. The van der Waals surface area contributed by atoms with Crippen molar-refractivity contribution in [2.45, 2.75) is 6.04 Å². The van der Waals surface area contributed by atoms with Crippen LogP contribution < -0.4 is 10.5 Å². The summed E-state index contributed by atoms with van der Waals surface area (Å²) in [6.45, 7) is 0. The number of benzene rings is 1. The molecule has 2 N–H and O–H groups in total. The predicted molar refractivity (Wildman–Crippen MR) is 66.1 cm³/mol. The maximum Gasteiger partial charge on any atom is 0.216 e. The van der Waals surface area contributed by atoms with Crippen LogP contribution in [0.5, 0.6) is 5.88 Å². The van der Waals surface area contributed by atoms with E-state index in [2.05, 4.69) is 9.97 Å². The van der Waals surface area contributed by atoms with E-state index in [1.807, 2.05) is 12.1 Å². The van der Waals surface area contributed by atoms with Crippen LogP contribution in [0.4, 0.5) is 0 Å². The molecular formula is C12H12ClN3O. The summed E-state index contributed by atoms with van der Waals surface area (Å²) in [5.41, 5.74) is 7.75. The molecule has 1 heterocycles. The summed E-state index contributed by atoms with van der Waals surface area (Å²) in [5.74, 6) is 0.499. The first-order valence-electron chi connectivity index (χ1n) is 5.07. The van der Waals surface area contributed by atoms with Gasteiger partial charge in [0.2, 0.25) is 5.88 Å². The zero-order valence-corrected chi connectivity index (χ0v) is 10.1. The molecule has 17 heavy (non-hydrogen) atoms. The number of methoxy groups -OCH3 is 1. The summed E-state index contributed by atoms with van der Waals surface area (Å²) in [7, 11) is 1.56. The van der Waals surface area contributed by atoms with E-state index in [1.165, 1.54) is 6.33 Å². The van der Waals surface area contributed by atoms with Crippen LogP contribution in [0.3, 0.4) is 0 Å². The van der Waals surface area contributed by atoms with E-state index in [0.717, 1.165) is 5.56 Å². The molecule has 88 valence electrons. The number of halogens is 1. The Morgan fingerprint density at radius 3 is 2.59 bits per heavy atom. The SMILES string of the molecule is COc1cc(C(N)c2ccc(Cl)cc2)ncn1. The second-order valence-electron chi connectivity index (χ2n) is 3.51. The second-order valence-corrected chi connectivity index (χ2v) is 3.95. The molecule has 0 saturated carbocycles. The second kappa shape index (κ2) is 5.12. The van der Waals surface area contributed by atoms with Crippen molar-refractivity contribution in [3.8, 4) is 5.88 Å². The van der Waals surface area contributed by atoms with E-state index >= 15 is 0 Å². The van der Waals surface area contributed by atoms with Crippen LogP contribution in [-0.4, -0.2) is 17.1 Å². The Bertz CT molecular complexity index is 501. The summed E-state index contributed by atoms with van der Waals surface area (Å²) in [6, 6.07) is 8.76. The largest absolute Gasteiger partial charge is 0.481 e. The van der Waals surface area contributed by atoms with Gasteiger partial charge in [0.05, 0.1) is 18.8 Å². The lowest BCUT2D eigenvalue weighted by molar-refractivity contribution is 0.395. The van der Waals surface area contributed by atoms with Crippen LogP contribution in [0.15, 0.2) is 36.7 Å². The fourth-order valence-electron chi connectivity index (χ4n) is 1.48. The predicted octanol–water partition coefficient (Wildman–Crippen LogP) is 2.19. The summed E-state index contributed by atoms with van der Waals surface area (Å²) in [5, 5.41) is 0.682. The van der Waals surface area contributed by atoms with E-state index in [9.17, 15) is 0 Å². The van der Waals surface area contributed by atoms with Gasteiger partial charge in [0, 0.05) is 11.1 Å². The molecule has 0 bridgehead atoms. The molecule has 0 saturated heterocycles. The third kappa shape index (κ3) is 2.72.